The zero-order valence-corrected chi connectivity index (χ0v) is 14.2. The molecule has 1 aliphatic carbocycles. The Hall–Kier alpha value is -2.21. The lowest BCUT2D eigenvalue weighted by Crippen LogP contribution is -2.41. The fourth-order valence-corrected chi connectivity index (χ4v) is 3.36. The average Bonchev–Trinajstić information content (AvgIpc) is 3.33. The van der Waals surface area contributed by atoms with Gasteiger partial charge in [-0.3, -0.25) is 4.79 Å². The normalized spacial score (nSPS) is 21.9. The van der Waals surface area contributed by atoms with E-state index in [1.165, 1.54) is 17.7 Å². The zero-order valence-electron chi connectivity index (χ0n) is 14.2. The van der Waals surface area contributed by atoms with Gasteiger partial charge in [0.15, 0.2) is 5.82 Å². The van der Waals surface area contributed by atoms with Gasteiger partial charge in [0, 0.05) is 31.2 Å². The first-order chi connectivity index (χ1) is 12.2. The molecule has 1 aromatic carbocycles. The lowest BCUT2D eigenvalue weighted by Gasteiger charge is -2.31. The van der Waals surface area contributed by atoms with E-state index in [4.69, 9.17) is 0 Å². The van der Waals surface area contributed by atoms with Crippen LogP contribution >= 0.6 is 0 Å². The van der Waals surface area contributed by atoms with E-state index in [1.807, 2.05) is 17.0 Å². The molecule has 0 spiro atoms. The molecule has 2 aliphatic rings. The minimum absolute atomic E-state index is 0.0957. The van der Waals surface area contributed by atoms with Gasteiger partial charge >= 0.3 is 0 Å². The van der Waals surface area contributed by atoms with Crippen molar-refractivity contribution in [1.29, 1.82) is 0 Å². The zero-order chi connectivity index (χ0) is 17.2. The second-order valence-electron chi connectivity index (χ2n) is 6.94. The Morgan fingerprint density at radius 3 is 2.80 bits per heavy atom. The van der Waals surface area contributed by atoms with Gasteiger partial charge in [-0.25, -0.2) is 9.37 Å². The van der Waals surface area contributed by atoms with Gasteiger partial charge < -0.3 is 15.2 Å². The number of nitrogens with one attached hydrogen (secondary N) is 2. The van der Waals surface area contributed by atoms with Crippen molar-refractivity contribution >= 4 is 5.82 Å². The summed E-state index contributed by atoms with van der Waals surface area (Å²) >= 11 is 0. The van der Waals surface area contributed by atoms with Gasteiger partial charge in [-0.2, -0.15) is 0 Å². The third kappa shape index (κ3) is 3.74. The highest BCUT2D eigenvalue weighted by Crippen LogP contribution is 2.40. The summed E-state index contributed by atoms with van der Waals surface area (Å²) in [5, 5.41) is 3.56. The molecule has 1 saturated carbocycles. The Labute approximate surface area is 146 Å². The fraction of sp³-hybridized carbons (Fsp3) is 0.474. The number of halogens is 1. The molecule has 2 heterocycles. The van der Waals surface area contributed by atoms with E-state index < -0.39 is 0 Å². The second-order valence-corrected chi connectivity index (χ2v) is 6.94. The van der Waals surface area contributed by atoms with Crippen molar-refractivity contribution in [1.82, 2.24) is 15.3 Å². The predicted molar refractivity (Wildman–Crippen MR) is 95.6 cm³/mol. The van der Waals surface area contributed by atoms with Crippen molar-refractivity contribution in [3.8, 4) is 0 Å². The summed E-state index contributed by atoms with van der Waals surface area (Å²) in [4.78, 5) is 21.2. The number of benzene rings is 1. The molecule has 1 aliphatic heterocycles. The maximum absolute atomic E-state index is 13.0. The van der Waals surface area contributed by atoms with E-state index in [1.54, 1.807) is 6.20 Å². The molecular weight excluding hydrogens is 319 g/mol. The molecule has 2 N–H and O–H groups in total. The van der Waals surface area contributed by atoms with Crippen LogP contribution in [0.15, 0.2) is 35.3 Å². The van der Waals surface area contributed by atoms with Crippen molar-refractivity contribution in [2.45, 2.75) is 37.6 Å². The maximum atomic E-state index is 13.0. The Balaban J connectivity index is 1.23. The monoisotopic (exact) mass is 342 g/mol. The van der Waals surface area contributed by atoms with E-state index >= 15 is 0 Å². The van der Waals surface area contributed by atoms with Crippen molar-refractivity contribution in [2.75, 3.05) is 24.5 Å². The van der Waals surface area contributed by atoms with E-state index in [-0.39, 0.29) is 11.4 Å². The number of nitrogens with zero attached hydrogens (tertiary/aromatic N) is 2. The summed E-state index contributed by atoms with van der Waals surface area (Å²) in [5.41, 5.74) is 2.05. The van der Waals surface area contributed by atoms with E-state index in [9.17, 15) is 9.18 Å². The number of anilines is 1. The first-order valence-corrected chi connectivity index (χ1v) is 9.03. The lowest BCUT2D eigenvalue weighted by atomic mass is 10.1. The molecule has 6 heteroatoms. The Morgan fingerprint density at radius 2 is 2.08 bits per heavy atom. The molecule has 1 aromatic heterocycles. The number of H-pyrrole nitrogens is 1. The lowest BCUT2D eigenvalue weighted by molar-refractivity contribution is 0.599. The molecule has 0 bridgehead atoms. The number of aromatic amines is 1. The second kappa shape index (κ2) is 6.96. The molecule has 0 unspecified atom stereocenters. The third-order valence-electron chi connectivity index (χ3n) is 5.08. The number of aryl methyl sites for hydroxylation is 1. The van der Waals surface area contributed by atoms with Crippen LogP contribution in [0.3, 0.4) is 0 Å². The van der Waals surface area contributed by atoms with E-state index in [0.29, 0.717) is 17.8 Å². The van der Waals surface area contributed by atoms with Gasteiger partial charge in [-0.05, 0) is 49.9 Å². The Kier molecular flexibility index (Phi) is 4.53. The molecule has 0 radical (unpaired) electrons. The predicted octanol–water partition coefficient (Wildman–Crippen LogP) is 2.20. The van der Waals surface area contributed by atoms with Crippen LogP contribution in [-0.2, 0) is 6.42 Å². The fourth-order valence-electron chi connectivity index (χ4n) is 3.36. The standard InChI is InChI=1S/C19H23FN4O/c20-14-6-4-13(5-7-14)16-11-17(16)21-8-1-3-15-12-22-19(25)18(23-15)24-9-2-10-24/h4-7,12,16-17,21H,1-3,8-11H2,(H,22,25)/t16-,17+/m0/s1. The number of aromatic nitrogens is 2. The van der Waals surface area contributed by atoms with Gasteiger partial charge in [0.05, 0.1) is 5.69 Å². The van der Waals surface area contributed by atoms with Crippen LogP contribution in [0.2, 0.25) is 0 Å². The topological polar surface area (TPSA) is 61.0 Å². The summed E-state index contributed by atoms with van der Waals surface area (Å²) in [7, 11) is 0. The first kappa shape index (κ1) is 16.3. The van der Waals surface area contributed by atoms with Crippen LogP contribution in [0.4, 0.5) is 10.2 Å². The third-order valence-corrected chi connectivity index (χ3v) is 5.08. The van der Waals surface area contributed by atoms with Crippen molar-refractivity contribution in [3.63, 3.8) is 0 Å². The van der Waals surface area contributed by atoms with Crippen LogP contribution in [0.1, 0.15) is 36.4 Å². The van der Waals surface area contributed by atoms with Crippen molar-refractivity contribution in [2.24, 2.45) is 0 Å². The molecule has 0 amide bonds. The molecule has 5 nitrogen and oxygen atoms in total. The van der Waals surface area contributed by atoms with Gasteiger partial charge in [0.1, 0.15) is 5.82 Å². The number of rotatable bonds is 7. The van der Waals surface area contributed by atoms with Gasteiger partial charge in [-0.15, -0.1) is 0 Å². The molecule has 2 fully saturated rings. The SMILES string of the molecule is O=c1[nH]cc(CCCN[C@@H]2C[C@H]2c2ccc(F)cc2)nc1N1CCC1. The number of hydrogen-bond donors (Lipinski definition) is 2. The molecule has 1 saturated heterocycles. The molecule has 132 valence electrons. The molecule has 25 heavy (non-hydrogen) atoms. The molecular formula is C19H23FN4O. The summed E-state index contributed by atoms with van der Waals surface area (Å²) in [6.07, 6.45) is 5.79. The maximum Gasteiger partial charge on any atom is 0.290 e. The van der Waals surface area contributed by atoms with E-state index in [2.05, 4.69) is 15.3 Å². The van der Waals surface area contributed by atoms with Crippen LogP contribution in [0.25, 0.3) is 0 Å². The quantitative estimate of drug-likeness (QED) is 0.758. The summed E-state index contributed by atoms with van der Waals surface area (Å²) in [6.45, 7) is 2.77. The molecule has 2 atom stereocenters. The summed E-state index contributed by atoms with van der Waals surface area (Å²) in [5.74, 6) is 0.889. The Morgan fingerprint density at radius 1 is 1.28 bits per heavy atom. The minimum atomic E-state index is -0.181. The summed E-state index contributed by atoms with van der Waals surface area (Å²) < 4.78 is 13.0. The van der Waals surface area contributed by atoms with Crippen LogP contribution < -0.4 is 15.8 Å². The van der Waals surface area contributed by atoms with E-state index in [0.717, 1.165) is 51.0 Å². The summed E-state index contributed by atoms with van der Waals surface area (Å²) in [6, 6.07) is 7.31. The highest BCUT2D eigenvalue weighted by molar-refractivity contribution is 5.39. The molecule has 2 aromatic rings. The van der Waals surface area contributed by atoms with Crippen LogP contribution in [-0.4, -0.2) is 35.6 Å². The minimum Gasteiger partial charge on any atom is -0.352 e. The highest BCUT2D eigenvalue weighted by Gasteiger charge is 2.37. The van der Waals surface area contributed by atoms with Crippen LogP contribution in [0, 0.1) is 5.82 Å². The smallest absolute Gasteiger partial charge is 0.290 e. The van der Waals surface area contributed by atoms with Gasteiger partial charge in [-0.1, -0.05) is 12.1 Å². The highest BCUT2D eigenvalue weighted by atomic mass is 19.1. The largest absolute Gasteiger partial charge is 0.352 e. The molecule has 4 rings (SSSR count). The van der Waals surface area contributed by atoms with Gasteiger partial charge in [0.25, 0.3) is 5.56 Å². The van der Waals surface area contributed by atoms with Crippen molar-refractivity contribution < 1.29 is 4.39 Å². The number of hydrogen-bond acceptors (Lipinski definition) is 4. The first-order valence-electron chi connectivity index (χ1n) is 9.03. The van der Waals surface area contributed by atoms with Crippen LogP contribution in [0.5, 0.6) is 0 Å². The van der Waals surface area contributed by atoms with Crippen molar-refractivity contribution in [3.05, 3.63) is 57.9 Å². The Bertz CT molecular complexity index is 785. The average molecular weight is 342 g/mol. The van der Waals surface area contributed by atoms with Gasteiger partial charge in [0.2, 0.25) is 0 Å².